The van der Waals surface area contributed by atoms with Crippen LogP contribution in [-0.2, 0) is 0 Å². The summed E-state index contributed by atoms with van der Waals surface area (Å²) in [6.45, 7) is 7.67. The Kier molecular flexibility index (Phi) is 7.20. The first-order valence-electron chi connectivity index (χ1n) is 7.70. The Hall–Kier alpha value is -0.120. The van der Waals surface area contributed by atoms with Gasteiger partial charge in [-0.1, -0.05) is 26.2 Å². The molecule has 0 amide bonds. The molecule has 0 radical (unpaired) electrons. The zero-order valence-corrected chi connectivity index (χ0v) is 12.9. The molecule has 0 aromatic carbocycles. The highest BCUT2D eigenvalue weighted by molar-refractivity contribution is 4.85. The van der Waals surface area contributed by atoms with Crippen LogP contribution < -0.4 is 5.73 Å². The number of nitrogens with two attached hydrogens (primary N) is 1. The third-order valence-electron chi connectivity index (χ3n) is 4.42. The minimum absolute atomic E-state index is 0.588. The lowest BCUT2D eigenvalue weighted by Gasteiger charge is -2.41. The molecule has 1 aliphatic carbocycles. The zero-order valence-electron chi connectivity index (χ0n) is 12.9. The summed E-state index contributed by atoms with van der Waals surface area (Å²) in [5.41, 5.74) is 6.09. The van der Waals surface area contributed by atoms with Gasteiger partial charge in [0.05, 0.1) is 0 Å². The van der Waals surface area contributed by atoms with Gasteiger partial charge in [-0.3, -0.25) is 4.90 Å². The standard InChI is InChI=1S/C15H33N3/c1-5-18(13(2)12-17(3)4)15(11-16)14-9-7-6-8-10-14/h13-15H,5-12,16H2,1-4H3. The summed E-state index contributed by atoms with van der Waals surface area (Å²) in [4.78, 5) is 4.91. The normalized spacial score (nSPS) is 21.5. The van der Waals surface area contributed by atoms with Crippen LogP contribution in [0.1, 0.15) is 46.0 Å². The average Bonchev–Trinajstić information content (AvgIpc) is 2.35. The van der Waals surface area contributed by atoms with Crippen LogP contribution in [0.3, 0.4) is 0 Å². The Bertz CT molecular complexity index is 212. The summed E-state index contributed by atoms with van der Waals surface area (Å²) >= 11 is 0. The molecular formula is C15H33N3. The molecule has 0 aliphatic heterocycles. The maximum Gasteiger partial charge on any atom is 0.0249 e. The van der Waals surface area contributed by atoms with E-state index in [0.29, 0.717) is 12.1 Å². The van der Waals surface area contributed by atoms with Crippen molar-refractivity contribution in [1.82, 2.24) is 9.80 Å². The monoisotopic (exact) mass is 255 g/mol. The quantitative estimate of drug-likeness (QED) is 0.757. The third-order valence-corrected chi connectivity index (χ3v) is 4.42. The van der Waals surface area contributed by atoms with Gasteiger partial charge in [-0.25, -0.2) is 0 Å². The molecule has 3 nitrogen and oxygen atoms in total. The van der Waals surface area contributed by atoms with Crippen LogP contribution in [0.2, 0.25) is 0 Å². The topological polar surface area (TPSA) is 32.5 Å². The van der Waals surface area contributed by atoms with E-state index in [0.717, 1.165) is 25.6 Å². The summed E-state index contributed by atoms with van der Waals surface area (Å²) in [6, 6.07) is 1.19. The highest BCUT2D eigenvalue weighted by Gasteiger charge is 2.29. The summed E-state index contributed by atoms with van der Waals surface area (Å²) in [5, 5.41) is 0. The molecular weight excluding hydrogens is 222 g/mol. The van der Waals surface area contributed by atoms with Crippen molar-refractivity contribution in [3.05, 3.63) is 0 Å². The van der Waals surface area contributed by atoms with E-state index in [1.165, 1.54) is 32.1 Å². The second kappa shape index (κ2) is 8.13. The molecule has 2 N–H and O–H groups in total. The van der Waals surface area contributed by atoms with E-state index in [2.05, 4.69) is 37.7 Å². The Morgan fingerprint density at radius 2 is 1.78 bits per heavy atom. The summed E-state index contributed by atoms with van der Waals surface area (Å²) in [7, 11) is 4.31. The predicted molar refractivity (Wildman–Crippen MR) is 79.8 cm³/mol. The molecule has 1 rings (SSSR count). The van der Waals surface area contributed by atoms with Gasteiger partial charge in [0.2, 0.25) is 0 Å². The van der Waals surface area contributed by atoms with E-state index < -0.39 is 0 Å². The van der Waals surface area contributed by atoms with Gasteiger partial charge in [0, 0.05) is 25.2 Å². The van der Waals surface area contributed by atoms with E-state index >= 15 is 0 Å². The molecule has 2 unspecified atom stereocenters. The van der Waals surface area contributed by atoms with Gasteiger partial charge in [-0.15, -0.1) is 0 Å². The number of hydrogen-bond acceptors (Lipinski definition) is 3. The number of rotatable bonds is 7. The highest BCUT2D eigenvalue weighted by Crippen LogP contribution is 2.29. The second-order valence-corrected chi connectivity index (χ2v) is 6.14. The van der Waals surface area contributed by atoms with Crippen LogP contribution >= 0.6 is 0 Å². The lowest BCUT2D eigenvalue weighted by atomic mass is 9.82. The predicted octanol–water partition coefficient (Wildman–Crippen LogP) is 2.17. The van der Waals surface area contributed by atoms with Crippen molar-refractivity contribution >= 4 is 0 Å². The molecule has 1 fully saturated rings. The van der Waals surface area contributed by atoms with Crippen molar-refractivity contribution in [1.29, 1.82) is 0 Å². The highest BCUT2D eigenvalue weighted by atomic mass is 15.2. The first-order valence-corrected chi connectivity index (χ1v) is 7.70. The molecule has 3 heteroatoms. The van der Waals surface area contributed by atoms with E-state index in [1.807, 2.05) is 0 Å². The molecule has 0 spiro atoms. The van der Waals surface area contributed by atoms with Gasteiger partial charge in [-0.2, -0.15) is 0 Å². The van der Waals surface area contributed by atoms with Crippen LogP contribution in [0.25, 0.3) is 0 Å². The smallest absolute Gasteiger partial charge is 0.0249 e. The molecule has 0 aromatic rings. The lowest BCUT2D eigenvalue weighted by Crippen LogP contribution is -2.52. The van der Waals surface area contributed by atoms with Gasteiger partial charge in [-0.05, 0) is 46.3 Å². The minimum atomic E-state index is 0.588. The zero-order chi connectivity index (χ0) is 13.5. The molecule has 2 atom stereocenters. The number of nitrogens with zero attached hydrogens (tertiary/aromatic N) is 2. The average molecular weight is 255 g/mol. The van der Waals surface area contributed by atoms with Gasteiger partial charge in [0.1, 0.15) is 0 Å². The van der Waals surface area contributed by atoms with Crippen molar-refractivity contribution in [2.24, 2.45) is 11.7 Å². The van der Waals surface area contributed by atoms with E-state index in [1.54, 1.807) is 0 Å². The van der Waals surface area contributed by atoms with Gasteiger partial charge in [0.15, 0.2) is 0 Å². The molecule has 0 heterocycles. The maximum absolute atomic E-state index is 6.09. The van der Waals surface area contributed by atoms with E-state index in [9.17, 15) is 0 Å². The Morgan fingerprint density at radius 1 is 1.17 bits per heavy atom. The van der Waals surface area contributed by atoms with Crippen molar-refractivity contribution in [3.8, 4) is 0 Å². The van der Waals surface area contributed by atoms with E-state index in [-0.39, 0.29) is 0 Å². The summed E-state index contributed by atoms with van der Waals surface area (Å²) in [6.07, 6.45) is 6.99. The molecule has 0 saturated heterocycles. The fourth-order valence-electron chi connectivity index (χ4n) is 3.62. The van der Waals surface area contributed by atoms with E-state index in [4.69, 9.17) is 5.73 Å². The van der Waals surface area contributed by atoms with Crippen LogP contribution in [-0.4, -0.2) is 55.6 Å². The lowest BCUT2D eigenvalue weighted by molar-refractivity contribution is 0.0784. The largest absolute Gasteiger partial charge is 0.329 e. The van der Waals surface area contributed by atoms with Crippen LogP contribution in [0.4, 0.5) is 0 Å². The van der Waals surface area contributed by atoms with Crippen molar-refractivity contribution in [2.75, 3.05) is 33.7 Å². The fourth-order valence-corrected chi connectivity index (χ4v) is 3.62. The van der Waals surface area contributed by atoms with Gasteiger partial charge in [0.25, 0.3) is 0 Å². The van der Waals surface area contributed by atoms with Crippen molar-refractivity contribution < 1.29 is 0 Å². The summed E-state index contributed by atoms with van der Waals surface area (Å²) in [5.74, 6) is 0.827. The first-order chi connectivity index (χ1) is 8.60. The molecule has 0 bridgehead atoms. The Balaban J connectivity index is 2.63. The Morgan fingerprint density at radius 3 is 2.22 bits per heavy atom. The first kappa shape index (κ1) is 15.9. The van der Waals surface area contributed by atoms with Gasteiger partial charge < -0.3 is 10.6 Å². The maximum atomic E-state index is 6.09. The molecule has 0 aromatic heterocycles. The summed E-state index contributed by atoms with van der Waals surface area (Å²) < 4.78 is 0. The molecule has 108 valence electrons. The number of hydrogen-bond donors (Lipinski definition) is 1. The second-order valence-electron chi connectivity index (χ2n) is 6.14. The van der Waals surface area contributed by atoms with Crippen LogP contribution in [0, 0.1) is 5.92 Å². The molecule has 1 saturated carbocycles. The van der Waals surface area contributed by atoms with Gasteiger partial charge >= 0.3 is 0 Å². The van der Waals surface area contributed by atoms with Crippen LogP contribution in [0.15, 0.2) is 0 Å². The van der Waals surface area contributed by atoms with Crippen molar-refractivity contribution in [2.45, 2.75) is 58.0 Å². The van der Waals surface area contributed by atoms with Crippen molar-refractivity contribution in [3.63, 3.8) is 0 Å². The third kappa shape index (κ3) is 4.52. The fraction of sp³-hybridized carbons (Fsp3) is 1.00. The van der Waals surface area contributed by atoms with Crippen LogP contribution in [0.5, 0.6) is 0 Å². The minimum Gasteiger partial charge on any atom is -0.329 e. The number of likely N-dealkylation sites (N-methyl/N-ethyl adjacent to an activating group) is 2. The Labute approximate surface area is 114 Å². The molecule has 18 heavy (non-hydrogen) atoms. The molecule has 1 aliphatic rings. The SMILES string of the molecule is CCN(C(C)CN(C)C)C(CN)C1CCCCC1.